The van der Waals surface area contributed by atoms with Gasteiger partial charge in [0.25, 0.3) is 5.56 Å². The zero-order chi connectivity index (χ0) is 14.5. The predicted octanol–water partition coefficient (Wildman–Crippen LogP) is 1.55. The lowest BCUT2D eigenvalue weighted by Gasteiger charge is -2.31. The lowest BCUT2D eigenvalue weighted by Crippen LogP contribution is -2.34. The Bertz CT molecular complexity index is 520. The zero-order valence-corrected chi connectivity index (χ0v) is 12.7. The first kappa shape index (κ1) is 15.0. The van der Waals surface area contributed by atoms with Crippen LogP contribution in [0.1, 0.15) is 32.6 Å². The highest BCUT2D eigenvalue weighted by atomic mass is 32.1. The average Bonchev–Trinajstić information content (AvgIpc) is 2.41. The van der Waals surface area contributed by atoms with Crippen molar-refractivity contribution < 1.29 is 0 Å². The second-order valence-electron chi connectivity index (χ2n) is 5.51. The van der Waals surface area contributed by atoms with Gasteiger partial charge in [0.15, 0.2) is 0 Å². The average molecular weight is 294 g/mol. The van der Waals surface area contributed by atoms with E-state index in [1.807, 2.05) is 0 Å². The number of piperidine rings is 1. The second-order valence-corrected chi connectivity index (χ2v) is 6.04. The summed E-state index contributed by atoms with van der Waals surface area (Å²) in [4.78, 5) is 14.8. The van der Waals surface area contributed by atoms with Gasteiger partial charge in [-0.2, -0.15) is 5.10 Å². The van der Waals surface area contributed by atoms with Crippen molar-refractivity contribution in [2.24, 2.45) is 11.7 Å². The van der Waals surface area contributed by atoms with E-state index in [1.165, 1.54) is 17.5 Å². The Kier molecular flexibility index (Phi) is 5.11. The van der Waals surface area contributed by atoms with Gasteiger partial charge in [0.1, 0.15) is 0 Å². The fourth-order valence-electron chi connectivity index (χ4n) is 2.43. The summed E-state index contributed by atoms with van der Waals surface area (Å²) < 4.78 is 1.48. The Morgan fingerprint density at radius 2 is 2.20 bits per heavy atom. The molecule has 6 heteroatoms. The molecule has 2 N–H and O–H groups in total. The van der Waals surface area contributed by atoms with Gasteiger partial charge in [0, 0.05) is 25.7 Å². The van der Waals surface area contributed by atoms with Crippen molar-refractivity contribution in [3.63, 3.8) is 0 Å². The molecule has 2 rings (SSSR count). The smallest absolute Gasteiger partial charge is 0.268 e. The Hall–Kier alpha value is -1.43. The fraction of sp³-hybridized carbons (Fsp3) is 0.643. The van der Waals surface area contributed by atoms with Gasteiger partial charge in [-0.1, -0.05) is 19.1 Å². The van der Waals surface area contributed by atoms with E-state index >= 15 is 0 Å². The Morgan fingerprint density at radius 1 is 1.50 bits per heavy atom. The number of thiocarbonyl (C=S) groups is 1. The molecule has 0 atom stereocenters. The van der Waals surface area contributed by atoms with Gasteiger partial charge in [0.05, 0.1) is 16.9 Å². The zero-order valence-electron chi connectivity index (χ0n) is 11.9. The molecule has 1 aliphatic rings. The normalized spacial score (nSPS) is 16.4. The van der Waals surface area contributed by atoms with E-state index in [-0.39, 0.29) is 5.56 Å². The molecule has 1 fully saturated rings. The van der Waals surface area contributed by atoms with Crippen molar-refractivity contribution in [1.29, 1.82) is 0 Å². The van der Waals surface area contributed by atoms with Gasteiger partial charge < -0.3 is 10.6 Å². The molecule has 0 saturated carbocycles. The fourth-order valence-corrected chi connectivity index (χ4v) is 2.58. The van der Waals surface area contributed by atoms with Crippen molar-refractivity contribution in [2.45, 2.75) is 39.2 Å². The summed E-state index contributed by atoms with van der Waals surface area (Å²) in [6, 6.07) is 1.68. The van der Waals surface area contributed by atoms with Crippen LogP contribution in [0.4, 0.5) is 5.69 Å². The molecule has 0 aliphatic carbocycles. The van der Waals surface area contributed by atoms with E-state index in [9.17, 15) is 4.79 Å². The van der Waals surface area contributed by atoms with E-state index < -0.39 is 0 Å². The van der Waals surface area contributed by atoms with E-state index in [2.05, 4.69) is 16.9 Å². The predicted molar refractivity (Wildman–Crippen MR) is 85.1 cm³/mol. The highest BCUT2D eigenvalue weighted by molar-refractivity contribution is 7.80. The van der Waals surface area contributed by atoms with Gasteiger partial charge in [0.2, 0.25) is 0 Å². The van der Waals surface area contributed by atoms with Crippen molar-refractivity contribution in [3.05, 3.63) is 22.6 Å². The third-order valence-corrected chi connectivity index (χ3v) is 4.00. The van der Waals surface area contributed by atoms with E-state index in [0.717, 1.165) is 31.1 Å². The van der Waals surface area contributed by atoms with E-state index in [1.54, 1.807) is 12.3 Å². The van der Waals surface area contributed by atoms with Crippen LogP contribution in [0.2, 0.25) is 0 Å². The lowest BCUT2D eigenvalue weighted by atomic mass is 9.99. The number of anilines is 1. The van der Waals surface area contributed by atoms with Crippen LogP contribution >= 0.6 is 12.2 Å². The van der Waals surface area contributed by atoms with Crippen LogP contribution in [-0.4, -0.2) is 27.9 Å². The number of rotatable bonds is 5. The summed E-state index contributed by atoms with van der Waals surface area (Å²) in [7, 11) is 0. The molecule has 20 heavy (non-hydrogen) atoms. The molecule has 0 spiro atoms. The first-order valence-electron chi connectivity index (χ1n) is 7.16. The molecule has 5 nitrogen and oxygen atoms in total. The number of nitrogens with two attached hydrogens (primary N) is 1. The molecular weight excluding hydrogens is 272 g/mol. The van der Waals surface area contributed by atoms with Crippen LogP contribution < -0.4 is 16.2 Å². The summed E-state index contributed by atoms with van der Waals surface area (Å²) >= 11 is 4.82. The van der Waals surface area contributed by atoms with Gasteiger partial charge in [-0.05, 0) is 31.6 Å². The molecule has 0 bridgehead atoms. The molecule has 1 aliphatic heterocycles. The molecule has 2 heterocycles. The Labute approximate surface area is 124 Å². The van der Waals surface area contributed by atoms with Crippen molar-refractivity contribution in [3.8, 4) is 0 Å². The second kappa shape index (κ2) is 6.83. The van der Waals surface area contributed by atoms with Crippen molar-refractivity contribution in [2.75, 3.05) is 18.0 Å². The molecule has 0 amide bonds. The van der Waals surface area contributed by atoms with Gasteiger partial charge >= 0.3 is 0 Å². The number of hydrogen-bond donors (Lipinski definition) is 1. The van der Waals surface area contributed by atoms with Crippen LogP contribution in [0.5, 0.6) is 0 Å². The van der Waals surface area contributed by atoms with Crippen LogP contribution in [0.15, 0.2) is 17.1 Å². The first-order valence-corrected chi connectivity index (χ1v) is 7.57. The molecule has 0 radical (unpaired) electrons. The van der Waals surface area contributed by atoms with Crippen molar-refractivity contribution in [1.82, 2.24) is 9.78 Å². The maximum Gasteiger partial charge on any atom is 0.268 e. The SMILES string of the molecule is CC1CCN(c2cnn(CCCC(N)=S)c(=O)c2)CC1. The maximum atomic E-state index is 12.0. The van der Waals surface area contributed by atoms with E-state index in [4.69, 9.17) is 18.0 Å². The highest BCUT2D eigenvalue weighted by Crippen LogP contribution is 2.20. The van der Waals surface area contributed by atoms with Gasteiger partial charge in [-0.25, -0.2) is 4.68 Å². The molecule has 1 aromatic heterocycles. The summed E-state index contributed by atoms with van der Waals surface area (Å²) in [5, 5.41) is 4.25. The maximum absolute atomic E-state index is 12.0. The summed E-state index contributed by atoms with van der Waals surface area (Å²) in [5.74, 6) is 0.777. The van der Waals surface area contributed by atoms with Gasteiger partial charge in [-0.15, -0.1) is 0 Å². The molecule has 0 aromatic carbocycles. The summed E-state index contributed by atoms with van der Waals surface area (Å²) in [6.45, 7) is 4.85. The van der Waals surface area contributed by atoms with Crippen LogP contribution in [-0.2, 0) is 6.54 Å². The number of aromatic nitrogens is 2. The standard InChI is InChI=1S/C14H22N4OS/c1-11-4-7-17(8-5-11)12-9-14(19)18(16-10-12)6-2-3-13(15)20/h9-11H,2-8H2,1H3,(H2,15,20). The van der Waals surface area contributed by atoms with Crippen LogP contribution in [0.25, 0.3) is 0 Å². The minimum Gasteiger partial charge on any atom is -0.393 e. The third-order valence-electron chi connectivity index (χ3n) is 3.80. The monoisotopic (exact) mass is 294 g/mol. The highest BCUT2D eigenvalue weighted by Gasteiger charge is 2.16. The number of hydrogen-bond acceptors (Lipinski definition) is 4. The lowest BCUT2D eigenvalue weighted by molar-refractivity contribution is 0.437. The Balaban J connectivity index is 1.98. The molecule has 110 valence electrons. The quantitative estimate of drug-likeness (QED) is 0.835. The van der Waals surface area contributed by atoms with E-state index in [0.29, 0.717) is 18.0 Å². The summed E-state index contributed by atoms with van der Waals surface area (Å²) in [6.07, 6.45) is 5.55. The van der Waals surface area contributed by atoms with Crippen LogP contribution in [0, 0.1) is 5.92 Å². The number of aryl methyl sites for hydroxylation is 1. The topological polar surface area (TPSA) is 64.2 Å². The van der Waals surface area contributed by atoms with Crippen LogP contribution in [0.3, 0.4) is 0 Å². The molecule has 1 aromatic rings. The van der Waals surface area contributed by atoms with Crippen molar-refractivity contribution >= 4 is 22.9 Å². The first-order chi connectivity index (χ1) is 9.56. The third kappa shape index (κ3) is 4.03. The largest absolute Gasteiger partial charge is 0.393 e. The van der Waals surface area contributed by atoms with Gasteiger partial charge in [-0.3, -0.25) is 4.79 Å². The molecule has 0 unspecified atom stereocenters. The number of nitrogens with zero attached hydrogens (tertiary/aromatic N) is 3. The minimum absolute atomic E-state index is 0.0518. The molecular formula is C14H22N4OS. The summed E-state index contributed by atoms with van der Waals surface area (Å²) in [5.41, 5.74) is 6.33. The molecule has 1 saturated heterocycles. The Morgan fingerprint density at radius 3 is 2.80 bits per heavy atom. The minimum atomic E-state index is -0.0518.